The summed E-state index contributed by atoms with van der Waals surface area (Å²) < 4.78 is 17.7. The summed E-state index contributed by atoms with van der Waals surface area (Å²) in [7, 11) is 0.109. The molecule has 38 heavy (non-hydrogen) atoms. The lowest BCUT2D eigenvalue weighted by atomic mass is 9.87. The second kappa shape index (κ2) is 9.90. The van der Waals surface area contributed by atoms with E-state index in [9.17, 15) is 13.8 Å². The maximum absolute atomic E-state index is 13.1. The van der Waals surface area contributed by atoms with Crippen LogP contribution in [0.25, 0.3) is 21.9 Å². The van der Waals surface area contributed by atoms with E-state index in [0.717, 1.165) is 27.5 Å². The number of rotatable bonds is 4. The molecule has 3 N–H and O–H groups in total. The van der Waals surface area contributed by atoms with E-state index in [1.54, 1.807) is 19.4 Å². The molecular formula is C29H28N4O4S. The monoisotopic (exact) mass is 528 g/mol. The van der Waals surface area contributed by atoms with Crippen LogP contribution in [-0.4, -0.2) is 34.0 Å². The highest BCUT2D eigenvalue weighted by Gasteiger charge is 2.24. The van der Waals surface area contributed by atoms with Crippen LogP contribution >= 0.6 is 0 Å². The quantitative estimate of drug-likeness (QED) is 0.305. The number of anilines is 3. The van der Waals surface area contributed by atoms with Crippen LogP contribution in [0, 0.1) is 0 Å². The molecule has 2 heterocycles. The third-order valence-electron chi connectivity index (χ3n) is 6.40. The Labute approximate surface area is 223 Å². The number of carbonyl (C=O) groups is 2. The number of hydrogen-bond donors (Lipinski definition) is 3. The Morgan fingerprint density at radius 2 is 1.74 bits per heavy atom. The predicted molar refractivity (Wildman–Crippen MR) is 151 cm³/mol. The number of carbonyl (C=O) groups excluding carboxylic acids is 2. The van der Waals surface area contributed by atoms with E-state index < -0.39 is 16.8 Å². The fourth-order valence-electron chi connectivity index (χ4n) is 4.45. The Morgan fingerprint density at radius 1 is 1.00 bits per heavy atom. The fraction of sp³-hybridized carbons (Fsp3) is 0.207. The van der Waals surface area contributed by atoms with Crippen molar-refractivity contribution in [3.63, 3.8) is 0 Å². The van der Waals surface area contributed by atoms with Crippen molar-refractivity contribution < 1.29 is 18.5 Å². The molecule has 0 aliphatic carbocycles. The zero-order valence-corrected chi connectivity index (χ0v) is 22.4. The highest BCUT2D eigenvalue weighted by molar-refractivity contribution is 7.86. The predicted octanol–water partition coefficient (Wildman–Crippen LogP) is 5.91. The van der Waals surface area contributed by atoms with Crippen LogP contribution in [-0.2, 0) is 21.0 Å². The van der Waals surface area contributed by atoms with Gasteiger partial charge >= 0.3 is 6.03 Å². The minimum absolute atomic E-state index is 0.0862. The molecule has 5 rings (SSSR count). The summed E-state index contributed by atoms with van der Waals surface area (Å²) in [5.41, 5.74) is 4.28. The lowest BCUT2D eigenvalue weighted by Gasteiger charge is -2.21. The van der Waals surface area contributed by atoms with Crippen molar-refractivity contribution in [3.05, 3.63) is 72.4 Å². The largest absolute Gasteiger partial charge is 0.495 e. The molecule has 0 bridgehead atoms. The summed E-state index contributed by atoms with van der Waals surface area (Å²) >= 11 is 0. The van der Waals surface area contributed by atoms with Gasteiger partial charge in [-0.05, 0) is 46.2 Å². The second-order valence-corrected chi connectivity index (χ2v) is 11.4. The third-order valence-corrected chi connectivity index (χ3v) is 7.68. The highest BCUT2D eigenvalue weighted by Crippen LogP contribution is 2.36. The van der Waals surface area contributed by atoms with Crippen LogP contribution in [0.1, 0.15) is 26.3 Å². The highest BCUT2D eigenvalue weighted by atomic mass is 32.2. The summed E-state index contributed by atoms with van der Waals surface area (Å²) in [5.74, 6) is 0.188. The van der Waals surface area contributed by atoms with Gasteiger partial charge in [0.2, 0.25) is 5.91 Å². The fourth-order valence-corrected chi connectivity index (χ4v) is 5.42. The maximum Gasteiger partial charge on any atom is 0.323 e. The van der Waals surface area contributed by atoms with Crippen molar-refractivity contribution in [2.45, 2.75) is 31.2 Å². The summed E-state index contributed by atoms with van der Waals surface area (Å²) in [4.78, 5) is 29.3. The van der Waals surface area contributed by atoms with Crippen molar-refractivity contribution in [2.24, 2.45) is 0 Å². The lowest BCUT2D eigenvalue weighted by molar-refractivity contribution is -0.114. The molecule has 0 spiro atoms. The Balaban J connectivity index is 1.46. The van der Waals surface area contributed by atoms with Gasteiger partial charge in [-0.3, -0.25) is 9.00 Å². The van der Waals surface area contributed by atoms with Gasteiger partial charge in [-0.2, -0.15) is 0 Å². The van der Waals surface area contributed by atoms with Gasteiger partial charge in [0.25, 0.3) is 0 Å². The van der Waals surface area contributed by atoms with Gasteiger partial charge < -0.3 is 20.7 Å². The molecule has 9 heteroatoms. The van der Waals surface area contributed by atoms with E-state index in [2.05, 4.69) is 41.7 Å². The molecule has 3 aromatic carbocycles. The van der Waals surface area contributed by atoms with Gasteiger partial charge in [0.05, 0.1) is 35.0 Å². The van der Waals surface area contributed by atoms with Crippen LogP contribution in [0.2, 0.25) is 0 Å². The zero-order chi connectivity index (χ0) is 27.0. The van der Waals surface area contributed by atoms with Crippen LogP contribution in [0.5, 0.6) is 5.75 Å². The number of methoxy groups -OCH3 is 1. The van der Waals surface area contributed by atoms with E-state index in [1.165, 1.54) is 0 Å². The Hall–Kier alpha value is -4.24. The molecule has 4 aromatic rings. The standard InChI is InChI=1S/C29H28N4O4S/c1-29(2,3)18-9-12-25(37-4)23(14-18)33-28(35)32-22-11-10-19(20-7-5-6-8-21(20)22)17-13-24-27(30-15-17)38(36)16-26(34)31-24/h5-15H,16H2,1-4H3,(H,31,34)(H2,32,33,35). The molecule has 1 aliphatic heterocycles. The molecule has 194 valence electrons. The molecule has 0 saturated carbocycles. The van der Waals surface area contributed by atoms with Gasteiger partial charge in [-0.1, -0.05) is 57.2 Å². The Bertz CT molecular complexity index is 1610. The number of nitrogens with zero attached hydrogens (tertiary/aromatic N) is 1. The molecule has 8 nitrogen and oxygen atoms in total. The van der Waals surface area contributed by atoms with E-state index in [1.807, 2.05) is 54.6 Å². The Morgan fingerprint density at radius 3 is 2.47 bits per heavy atom. The summed E-state index contributed by atoms with van der Waals surface area (Å²) in [6.45, 7) is 6.33. The first-order chi connectivity index (χ1) is 18.1. The average Bonchev–Trinajstić information content (AvgIpc) is 2.88. The first kappa shape index (κ1) is 25.4. The third kappa shape index (κ3) is 4.97. The smallest absolute Gasteiger partial charge is 0.323 e. The van der Waals surface area contributed by atoms with Crippen LogP contribution in [0.15, 0.2) is 71.9 Å². The molecule has 0 saturated heterocycles. The number of urea groups is 1. The average molecular weight is 529 g/mol. The van der Waals surface area contributed by atoms with Crippen molar-refractivity contribution in [1.82, 2.24) is 4.98 Å². The molecule has 0 fully saturated rings. The number of ether oxygens (including phenoxy) is 1. The number of benzene rings is 3. The number of hydrogen-bond acceptors (Lipinski definition) is 5. The van der Waals surface area contributed by atoms with Crippen molar-refractivity contribution in [3.8, 4) is 16.9 Å². The van der Waals surface area contributed by atoms with E-state index in [-0.39, 0.29) is 17.1 Å². The summed E-state index contributed by atoms with van der Waals surface area (Å²) in [5, 5.41) is 10.7. The first-order valence-corrected chi connectivity index (χ1v) is 13.4. The molecule has 1 aliphatic rings. The molecule has 3 amide bonds. The van der Waals surface area contributed by atoms with Crippen LogP contribution < -0.4 is 20.7 Å². The first-order valence-electron chi connectivity index (χ1n) is 12.1. The molecule has 1 atom stereocenters. The van der Waals surface area contributed by atoms with Crippen molar-refractivity contribution >= 4 is 50.6 Å². The molecular weight excluding hydrogens is 500 g/mol. The van der Waals surface area contributed by atoms with E-state index >= 15 is 0 Å². The summed E-state index contributed by atoms with van der Waals surface area (Å²) in [6.07, 6.45) is 1.66. The van der Waals surface area contributed by atoms with Crippen molar-refractivity contribution in [1.29, 1.82) is 0 Å². The molecule has 0 radical (unpaired) electrons. The topological polar surface area (TPSA) is 109 Å². The van der Waals surface area contributed by atoms with Gasteiger partial charge in [0, 0.05) is 17.1 Å². The maximum atomic E-state index is 13.1. The molecule has 1 aromatic heterocycles. The number of fused-ring (bicyclic) bond motifs is 2. The second-order valence-electron chi connectivity index (χ2n) is 10.1. The van der Waals surface area contributed by atoms with Crippen LogP contribution in [0.4, 0.5) is 21.9 Å². The van der Waals surface area contributed by atoms with Gasteiger partial charge in [0.15, 0.2) is 5.03 Å². The minimum atomic E-state index is -1.46. The van der Waals surface area contributed by atoms with E-state index in [4.69, 9.17) is 4.74 Å². The van der Waals surface area contributed by atoms with Crippen LogP contribution in [0.3, 0.4) is 0 Å². The lowest BCUT2D eigenvalue weighted by Crippen LogP contribution is -2.26. The van der Waals surface area contributed by atoms with Gasteiger partial charge in [-0.25, -0.2) is 9.78 Å². The SMILES string of the molecule is COc1ccc(C(C)(C)C)cc1NC(=O)Nc1ccc(-c2cnc3c(c2)NC(=O)CS3=O)c2ccccc12. The Kier molecular flexibility index (Phi) is 6.62. The minimum Gasteiger partial charge on any atom is -0.495 e. The summed E-state index contributed by atoms with van der Waals surface area (Å²) in [6, 6.07) is 18.6. The number of amides is 3. The van der Waals surface area contributed by atoms with Gasteiger partial charge in [-0.15, -0.1) is 0 Å². The number of pyridine rings is 1. The van der Waals surface area contributed by atoms with E-state index in [0.29, 0.717) is 27.8 Å². The van der Waals surface area contributed by atoms with Crippen molar-refractivity contribution in [2.75, 3.05) is 28.8 Å². The molecule has 1 unspecified atom stereocenters. The normalized spacial score (nSPS) is 14.9. The zero-order valence-electron chi connectivity index (χ0n) is 21.5. The number of aromatic nitrogens is 1. The number of nitrogens with one attached hydrogen (secondary N) is 3. The van der Waals surface area contributed by atoms with Gasteiger partial charge in [0.1, 0.15) is 11.5 Å².